The maximum atomic E-state index is 14.3. The first-order valence-electron chi connectivity index (χ1n) is 16.6. The maximum Gasteiger partial charge on any atom is 0.408 e. The highest BCUT2D eigenvalue weighted by atomic mass is 19.1. The maximum absolute atomic E-state index is 14.3. The van der Waals surface area contributed by atoms with E-state index in [1.165, 1.54) is 7.11 Å². The number of hydrogen-bond acceptors (Lipinski definition) is 6. The minimum Gasteiger partial charge on any atom is -0.467 e. The summed E-state index contributed by atoms with van der Waals surface area (Å²) in [5, 5.41) is 14.0. The molecule has 258 valence electrons. The van der Waals surface area contributed by atoms with Crippen LogP contribution in [0.5, 0.6) is 0 Å². The number of aromatic nitrogens is 2. The average Bonchev–Trinajstić information content (AvgIpc) is 3.34. The van der Waals surface area contributed by atoms with E-state index in [1.54, 1.807) is 26.8 Å². The van der Waals surface area contributed by atoms with Crippen molar-refractivity contribution in [1.82, 2.24) is 14.9 Å². The van der Waals surface area contributed by atoms with Gasteiger partial charge in [0.1, 0.15) is 18.3 Å². The van der Waals surface area contributed by atoms with E-state index >= 15 is 0 Å². The lowest BCUT2D eigenvalue weighted by molar-refractivity contribution is -0.143. The molecule has 2 aromatic carbocycles. The Bertz CT molecular complexity index is 1770. The van der Waals surface area contributed by atoms with Crippen molar-refractivity contribution in [2.45, 2.75) is 99.0 Å². The van der Waals surface area contributed by atoms with E-state index in [4.69, 9.17) is 14.5 Å². The third-order valence-corrected chi connectivity index (χ3v) is 8.37. The van der Waals surface area contributed by atoms with Gasteiger partial charge in [0.25, 0.3) is 0 Å². The van der Waals surface area contributed by atoms with Gasteiger partial charge >= 0.3 is 12.1 Å². The number of fused-ring (bicyclic) bond motifs is 1. The summed E-state index contributed by atoms with van der Waals surface area (Å²) in [5.74, 6) is -0.422. The topological polar surface area (TPSA) is 103 Å². The lowest BCUT2D eigenvalue weighted by Gasteiger charge is -2.23. The molecule has 0 radical (unpaired) electrons. The zero-order valence-corrected chi connectivity index (χ0v) is 29.7. The van der Waals surface area contributed by atoms with Gasteiger partial charge in [-0.25, -0.2) is 14.0 Å². The number of ether oxygens (including phenoxy) is 2. The summed E-state index contributed by atoms with van der Waals surface area (Å²) < 4.78 is 26.9. The van der Waals surface area contributed by atoms with E-state index < -0.39 is 30.4 Å². The number of alkyl halides is 1. The fourth-order valence-electron chi connectivity index (χ4n) is 6.18. The van der Waals surface area contributed by atoms with E-state index in [-0.39, 0.29) is 24.4 Å². The number of alkyl carbamates (subject to hydrolysis) is 1. The number of nitrogens with one attached hydrogen (secondary N) is 1. The smallest absolute Gasteiger partial charge is 0.408 e. The Balaban J connectivity index is 1.88. The number of pyridine rings is 1. The summed E-state index contributed by atoms with van der Waals surface area (Å²) in [7, 11) is 1.26. The number of nitrogens with zero attached hydrogens (tertiary/aromatic N) is 2. The molecule has 2 N–H and O–H groups in total. The Hall–Kier alpha value is -4.24. The molecule has 0 saturated carbocycles. The molecule has 1 atom stereocenters. The highest BCUT2D eigenvalue weighted by Gasteiger charge is 2.28. The number of rotatable bonds is 12. The van der Waals surface area contributed by atoms with Gasteiger partial charge in [0, 0.05) is 42.2 Å². The number of halogens is 1. The number of methoxy groups -OCH3 is 1. The van der Waals surface area contributed by atoms with Crippen LogP contribution < -0.4 is 5.32 Å². The Labute approximate surface area is 283 Å². The largest absolute Gasteiger partial charge is 0.467 e. The van der Waals surface area contributed by atoms with Gasteiger partial charge in [0.05, 0.1) is 18.5 Å². The van der Waals surface area contributed by atoms with Crippen molar-refractivity contribution in [3.05, 3.63) is 77.1 Å². The number of carbonyl (C=O) groups is 2. The molecule has 4 rings (SSSR count). The molecule has 0 bridgehead atoms. The van der Waals surface area contributed by atoms with Gasteiger partial charge in [-0.15, -0.1) is 0 Å². The van der Waals surface area contributed by atoms with E-state index in [0.717, 1.165) is 51.1 Å². The zero-order valence-electron chi connectivity index (χ0n) is 29.7. The van der Waals surface area contributed by atoms with Crippen molar-refractivity contribution in [3.8, 4) is 22.4 Å². The summed E-state index contributed by atoms with van der Waals surface area (Å²) in [6.45, 7) is 15.8. The fourth-order valence-corrected chi connectivity index (χ4v) is 6.18. The molecule has 0 unspecified atom stereocenters. The molecule has 8 nitrogen and oxygen atoms in total. The predicted molar refractivity (Wildman–Crippen MR) is 189 cm³/mol. The summed E-state index contributed by atoms with van der Waals surface area (Å²) >= 11 is 0. The van der Waals surface area contributed by atoms with Crippen LogP contribution in [0, 0.1) is 5.41 Å². The van der Waals surface area contributed by atoms with Crippen LogP contribution in [0.1, 0.15) is 83.7 Å². The number of aryl methyl sites for hydroxylation is 1. The number of amides is 1. The number of benzene rings is 2. The number of carbonyl (C=O) groups excluding carboxylic acids is 2. The van der Waals surface area contributed by atoms with Crippen LogP contribution in [-0.4, -0.2) is 52.1 Å². The molecular weight excluding hydrogens is 609 g/mol. The van der Waals surface area contributed by atoms with Gasteiger partial charge in [-0.1, -0.05) is 45.9 Å². The van der Waals surface area contributed by atoms with Crippen LogP contribution in [0.25, 0.3) is 33.3 Å². The van der Waals surface area contributed by atoms with Crippen molar-refractivity contribution in [2.24, 2.45) is 5.41 Å². The monoisotopic (exact) mass is 659 g/mol. The van der Waals surface area contributed by atoms with Gasteiger partial charge < -0.3 is 24.5 Å². The average molecular weight is 660 g/mol. The second kappa shape index (κ2) is 14.9. The first-order chi connectivity index (χ1) is 22.6. The lowest BCUT2D eigenvalue weighted by Crippen LogP contribution is -2.45. The van der Waals surface area contributed by atoms with Crippen molar-refractivity contribution < 1.29 is 28.6 Å². The molecule has 0 aliphatic rings. The summed E-state index contributed by atoms with van der Waals surface area (Å²) in [4.78, 5) is 30.0. The Morgan fingerprint density at radius 3 is 2.33 bits per heavy atom. The minimum atomic E-state index is -1.03. The van der Waals surface area contributed by atoms with Crippen LogP contribution >= 0.6 is 0 Å². The SMILES string of the molecule is CCn1c(-c2cccnc2C(C)C)c(CC(C)(C)CO)c2cc(-c3cc(CF)cc(C[C@H](NC(=O)OC(C)(C)C)C(=O)OC)c3)ccc21. The number of esters is 1. The highest BCUT2D eigenvalue weighted by molar-refractivity contribution is 5.95. The summed E-state index contributed by atoms with van der Waals surface area (Å²) in [5.41, 5.74) is 7.01. The molecule has 4 aromatic rings. The van der Waals surface area contributed by atoms with Gasteiger partial charge in [-0.05, 0) is 104 Å². The molecule has 0 saturated heterocycles. The predicted octanol–water partition coefficient (Wildman–Crippen LogP) is 8.15. The standard InChI is InChI=1S/C39H50FN3O5/c1-10-43-33-14-13-27(20-30(33)31(21-39(7,8)23-44)35(43)29-12-11-15-41-34(29)24(2)3)28-17-25(16-26(18-28)22-40)19-32(36(45)47-9)42-37(46)48-38(4,5)6/h11-18,20,24,32,44H,10,19,21-23H2,1-9H3,(H,42,46)/t32-/m0/s1. The zero-order chi connectivity index (χ0) is 35.4. The van der Waals surface area contributed by atoms with Crippen molar-refractivity contribution in [2.75, 3.05) is 13.7 Å². The number of aliphatic hydroxyl groups is 1. The number of hydrogen-bond donors (Lipinski definition) is 2. The molecule has 0 fully saturated rings. The first kappa shape index (κ1) is 36.6. The van der Waals surface area contributed by atoms with Crippen molar-refractivity contribution >= 4 is 23.0 Å². The van der Waals surface area contributed by atoms with Gasteiger partial charge in [-0.3, -0.25) is 4.98 Å². The summed E-state index contributed by atoms with van der Waals surface area (Å²) in [6, 6.07) is 14.8. The van der Waals surface area contributed by atoms with Crippen molar-refractivity contribution in [1.29, 1.82) is 0 Å². The van der Waals surface area contributed by atoms with Crippen LogP contribution in [0.15, 0.2) is 54.7 Å². The lowest BCUT2D eigenvalue weighted by atomic mass is 9.84. The molecule has 1 amide bonds. The first-order valence-corrected chi connectivity index (χ1v) is 16.6. The molecule has 48 heavy (non-hydrogen) atoms. The molecule has 9 heteroatoms. The van der Waals surface area contributed by atoms with Crippen LogP contribution in [0.3, 0.4) is 0 Å². The number of aliphatic hydroxyl groups excluding tert-OH is 1. The summed E-state index contributed by atoms with van der Waals surface area (Å²) in [6.07, 6.45) is 1.80. The van der Waals surface area contributed by atoms with E-state index in [0.29, 0.717) is 17.5 Å². The molecule has 0 aliphatic heterocycles. The second-order valence-electron chi connectivity index (χ2n) is 14.5. The van der Waals surface area contributed by atoms with E-state index in [9.17, 15) is 19.1 Å². The Morgan fingerprint density at radius 1 is 1.02 bits per heavy atom. The van der Waals surface area contributed by atoms with Crippen LogP contribution in [0.2, 0.25) is 0 Å². The molecule has 0 aliphatic carbocycles. The van der Waals surface area contributed by atoms with Gasteiger partial charge in [0.2, 0.25) is 0 Å². The molecule has 2 heterocycles. The second-order valence-corrected chi connectivity index (χ2v) is 14.5. The highest BCUT2D eigenvalue weighted by Crippen LogP contribution is 2.41. The third-order valence-electron chi connectivity index (χ3n) is 8.37. The molecular formula is C39H50FN3O5. The molecule has 0 spiro atoms. The Morgan fingerprint density at radius 2 is 1.73 bits per heavy atom. The third kappa shape index (κ3) is 8.42. The van der Waals surface area contributed by atoms with E-state index in [2.05, 4.69) is 62.7 Å². The van der Waals surface area contributed by atoms with Crippen molar-refractivity contribution in [3.63, 3.8) is 0 Å². The van der Waals surface area contributed by atoms with Crippen LogP contribution in [-0.2, 0) is 40.3 Å². The quantitative estimate of drug-likeness (QED) is 0.149. The van der Waals surface area contributed by atoms with E-state index in [1.807, 2.05) is 30.5 Å². The molecule has 2 aromatic heterocycles. The van der Waals surface area contributed by atoms with Crippen LogP contribution in [0.4, 0.5) is 9.18 Å². The minimum absolute atomic E-state index is 0.0234. The Kier molecular flexibility index (Phi) is 11.4. The van der Waals surface area contributed by atoms with Gasteiger partial charge in [-0.2, -0.15) is 0 Å². The fraction of sp³-hybridized carbons (Fsp3) is 0.462. The normalized spacial score (nSPS) is 12.8. The van der Waals surface area contributed by atoms with Gasteiger partial charge in [0.15, 0.2) is 0 Å².